The largest absolute Gasteiger partial charge is 0.493 e. The van der Waals surface area contributed by atoms with Gasteiger partial charge in [-0.2, -0.15) is 0 Å². The number of carbonyl (C=O) groups excluding carboxylic acids is 3. The monoisotopic (exact) mass is 452 g/mol. The number of benzene rings is 2. The van der Waals surface area contributed by atoms with Crippen LogP contribution in [0, 0.1) is 0 Å². The number of allylic oxidation sites excluding steroid dienone is 2. The Bertz CT molecular complexity index is 1060. The molecular weight excluding hydrogens is 424 g/mol. The number of esters is 1. The van der Waals surface area contributed by atoms with Crippen LogP contribution in [0.2, 0.25) is 0 Å². The maximum Gasteiger partial charge on any atom is 0.339 e. The van der Waals surface area contributed by atoms with Crippen molar-refractivity contribution in [3.8, 4) is 17.2 Å². The first kappa shape index (κ1) is 24.0. The molecule has 0 amide bonds. The van der Waals surface area contributed by atoms with Gasteiger partial charge in [0.2, 0.25) is 5.75 Å². The summed E-state index contributed by atoms with van der Waals surface area (Å²) < 4.78 is 21.9. The second-order valence-corrected chi connectivity index (χ2v) is 7.67. The Hall–Kier alpha value is -3.61. The van der Waals surface area contributed by atoms with Crippen LogP contribution in [0.1, 0.15) is 75.3 Å². The predicted octanol–water partition coefficient (Wildman–Crippen LogP) is 5.13. The Balaban J connectivity index is 1.93. The van der Waals surface area contributed by atoms with Crippen molar-refractivity contribution in [2.75, 3.05) is 21.3 Å². The molecule has 1 aliphatic carbocycles. The van der Waals surface area contributed by atoms with E-state index in [1.165, 1.54) is 45.6 Å². The normalized spacial score (nSPS) is 13.3. The smallest absolute Gasteiger partial charge is 0.339 e. The van der Waals surface area contributed by atoms with Crippen molar-refractivity contribution >= 4 is 17.5 Å². The van der Waals surface area contributed by atoms with Crippen LogP contribution in [0.5, 0.6) is 17.2 Å². The molecule has 0 saturated carbocycles. The van der Waals surface area contributed by atoms with E-state index in [4.69, 9.17) is 18.9 Å². The van der Waals surface area contributed by atoms with Crippen molar-refractivity contribution in [2.45, 2.75) is 38.7 Å². The van der Waals surface area contributed by atoms with Gasteiger partial charge in [-0.3, -0.25) is 9.59 Å². The summed E-state index contributed by atoms with van der Waals surface area (Å²) >= 11 is 0. The third-order valence-electron chi connectivity index (χ3n) is 5.55. The predicted molar refractivity (Wildman–Crippen MR) is 123 cm³/mol. The summed E-state index contributed by atoms with van der Waals surface area (Å²) in [6.45, 7) is 2.09. The zero-order chi connectivity index (χ0) is 24.0. The lowest BCUT2D eigenvalue weighted by Crippen LogP contribution is -2.16. The number of hydrogen-bond acceptors (Lipinski definition) is 7. The molecule has 33 heavy (non-hydrogen) atoms. The first-order chi connectivity index (χ1) is 15.9. The lowest BCUT2D eigenvalue weighted by atomic mass is 9.91. The first-order valence-electron chi connectivity index (χ1n) is 10.8. The molecule has 0 saturated heterocycles. The Kier molecular flexibility index (Phi) is 7.87. The molecule has 0 fully saturated rings. The number of ketones is 2. The van der Waals surface area contributed by atoms with Gasteiger partial charge in [0.15, 0.2) is 23.1 Å². The summed E-state index contributed by atoms with van der Waals surface area (Å²) in [7, 11) is 4.43. The molecular formula is C26H28O7. The van der Waals surface area contributed by atoms with Crippen LogP contribution >= 0.6 is 0 Å². The van der Waals surface area contributed by atoms with Crippen LogP contribution in [0.4, 0.5) is 0 Å². The third-order valence-corrected chi connectivity index (χ3v) is 5.55. The van der Waals surface area contributed by atoms with E-state index in [0.29, 0.717) is 40.4 Å². The minimum Gasteiger partial charge on any atom is -0.493 e. The van der Waals surface area contributed by atoms with Crippen LogP contribution in [0.15, 0.2) is 42.5 Å². The third kappa shape index (κ3) is 5.25. The lowest BCUT2D eigenvalue weighted by molar-refractivity contribution is 0.0269. The number of rotatable bonds is 10. The molecule has 3 rings (SSSR count). The molecule has 0 spiro atoms. The van der Waals surface area contributed by atoms with Crippen LogP contribution in [-0.2, 0) is 4.74 Å². The van der Waals surface area contributed by atoms with Gasteiger partial charge in [-0.15, -0.1) is 0 Å². The molecule has 0 N–H and O–H groups in total. The Morgan fingerprint density at radius 3 is 2.06 bits per heavy atom. The topological polar surface area (TPSA) is 88.1 Å². The fourth-order valence-corrected chi connectivity index (χ4v) is 3.78. The number of hydrogen-bond donors (Lipinski definition) is 0. The van der Waals surface area contributed by atoms with E-state index in [1.807, 2.05) is 0 Å². The SMILES string of the molecule is CCCCCC(OC(=O)c1cc(OC)c(OC)c(OC)c1)c1ccc2c(c1)C(=O)C=CC2=O. The van der Waals surface area contributed by atoms with Gasteiger partial charge in [0.1, 0.15) is 6.10 Å². The van der Waals surface area contributed by atoms with E-state index < -0.39 is 12.1 Å². The average molecular weight is 453 g/mol. The molecule has 0 heterocycles. The second-order valence-electron chi connectivity index (χ2n) is 7.67. The van der Waals surface area contributed by atoms with Gasteiger partial charge in [-0.1, -0.05) is 25.8 Å². The van der Waals surface area contributed by atoms with Crippen molar-refractivity contribution < 1.29 is 33.3 Å². The summed E-state index contributed by atoms with van der Waals surface area (Å²) in [6.07, 6.45) is 5.37. The van der Waals surface area contributed by atoms with Gasteiger partial charge in [0, 0.05) is 11.1 Å². The number of methoxy groups -OCH3 is 3. The Morgan fingerprint density at radius 1 is 0.848 bits per heavy atom. The van der Waals surface area contributed by atoms with Gasteiger partial charge in [-0.05, 0) is 54.8 Å². The minimum absolute atomic E-state index is 0.215. The zero-order valence-electron chi connectivity index (χ0n) is 19.3. The van der Waals surface area contributed by atoms with Gasteiger partial charge in [0.05, 0.1) is 26.9 Å². The van der Waals surface area contributed by atoms with Crippen LogP contribution < -0.4 is 14.2 Å². The molecule has 2 aromatic rings. The molecule has 1 unspecified atom stereocenters. The average Bonchev–Trinajstić information content (AvgIpc) is 2.84. The van der Waals surface area contributed by atoms with Crippen LogP contribution in [0.25, 0.3) is 0 Å². The van der Waals surface area contributed by atoms with Gasteiger partial charge in [0.25, 0.3) is 0 Å². The fourth-order valence-electron chi connectivity index (χ4n) is 3.78. The molecule has 0 bridgehead atoms. The molecule has 7 heteroatoms. The van der Waals surface area contributed by atoms with Crippen LogP contribution in [0.3, 0.4) is 0 Å². The fraction of sp³-hybridized carbons (Fsp3) is 0.346. The molecule has 1 aliphatic rings. The van der Waals surface area contributed by atoms with Crippen molar-refractivity contribution in [2.24, 2.45) is 0 Å². The van der Waals surface area contributed by atoms with Gasteiger partial charge >= 0.3 is 5.97 Å². The zero-order valence-corrected chi connectivity index (χ0v) is 19.3. The standard InChI is InChI=1S/C26H28O7/c1-5-6-7-8-22(16-9-10-18-19(13-16)21(28)12-11-20(18)27)33-26(29)17-14-23(30-2)25(32-4)24(15-17)31-3/h9-15,22H,5-8H2,1-4H3. The van der Waals surface area contributed by atoms with Gasteiger partial charge < -0.3 is 18.9 Å². The highest BCUT2D eigenvalue weighted by molar-refractivity contribution is 6.22. The minimum atomic E-state index is -0.581. The molecule has 0 aromatic heterocycles. The van der Waals surface area contributed by atoms with E-state index in [-0.39, 0.29) is 17.1 Å². The van der Waals surface area contributed by atoms with E-state index in [9.17, 15) is 14.4 Å². The summed E-state index contributed by atoms with van der Waals surface area (Å²) in [6, 6.07) is 8.08. The highest BCUT2D eigenvalue weighted by Gasteiger charge is 2.25. The molecule has 0 radical (unpaired) electrons. The molecule has 1 atom stereocenters. The Labute approximate surface area is 193 Å². The van der Waals surface area contributed by atoms with E-state index in [2.05, 4.69) is 6.92 Å². The van der Waals surface area contributed by atoms with E-state index in [1.54, 1.807) is 18.2 Å². The summed E-state index contributed by atoms with van der Waals surface area (Å²) in [5.74, 6) is 0.0487. The maximum atomic E-state index is 13.1. The maximum absolute atomic E-state index is 13.1. The van der Waals surface area contributed by atoms with E-state index >= 15 is 0 Å². The second kappa shape index (κ2) is 10.8. The van der Waals surface area contributed by atoms with Crippen molar-refractivity contribution in [3.05, 3.63) is 64.7 Å². The Morgan fingerprint density at radius 2 is 1.48 bits per heavy atom. The number of fused-ring (bicyclic) bond motifs is 1. The summed E-state index contributed by atoms with van der Waals surface area (Å²) in [5, 5.41) is 0. The van der Waals surface area contributed by atoms with E-state index in [0.717, 1.165) is 19.3 Å². The first-order valence-corrected chi connectivity index (χ1v) is 10.8. The molecule has 174 valence electrons. The van der Waals surface area contributed by atoms with Gasteiger partial charge in [-0.25, -0.2) is 4.79 Å². The lowest BCUT2D eigenvalue weighted by Gasteiger charge is -2.21. The highest BCUT2D eigenvalue weighted by Crippen LogP contribution is 2.39. The molecule has 7 nitrogen and oxygen atoms in total. The molecule has 0 aliphatic heterocycles. The quantitative estimate of drug-likeness (QED) is 0.365. The number of carbonyl (C=O) groups is 3. The summed E-state index contributed by atoms with van der Waals surface area (Å²) in [4.78, 5) is 37.5. The number of unbranched alkanes of at least 4 members (excludes halogenated alkanes) is 2. The molecule has 2 aromatic carbocycles. The van der Waals surface area contributed by atoms with Crippen molar-refractivity contribution in [1.29, 1.82) is 0 Å². The number of ether oxygens (including phenoxy) is 4. The van der Waals surface area contributed by atoms with Crippen molar-refractivity contribution in [1.82, 2.24) is 0 Å². The highest BCUT2D eigenvalue weighted by atomic mass is 16.5. The summed E-state index contributed by atoms with van der Waals surface area (Å²) in [5.41, 5.74) is 1.60. The van der Waals surface area contributed by atoms with Crippen molar-refractivity contribution in [3.63, 3.8) is 0 Å². The van der Waals surface area contributed by atoms with Crippen LogP contribution in [-0.4, -0.2) is 38.9 Å².